The fraction of sp³-hybridized carbons (Fsp3) is 0.900. The molecule has 3 atom stereocenters. The summed E-state index contributed by atoms with van der Waals surface area (Å²) >= 11 is 0. The van der Waals surface area contributed by atoms with Crippen LogP contribution in [0.5, 0.6) is 0 Å². The number of hydrogen-bond acceptors (Lipinski definition) is 2. The van der Waals surface area contributed by atoms with Crippen LogP contribution in [0.15, 0.2) is 0 Å². The maximum Gasteiger partial charge on any atom is 0.223 e. The van der Waals surface area contributed by atoms with Gasteiger partial charge in [-0.05, 0) is 43.7 Å². The number of piperidine rings is 1. The van der Waals surface area contributed by atoms with Crippen molar-refractivity contribution < 1.29 is 4.79 Å². The molecule has 2 N–H and O–H groups in total. The second-order valence-electron chi connectivity index (χ2n) is 4.70. The van der Waals surface area contributed by atoms with Gasteiger partial charge in [0, 0.05) is 12.5 Å². The van der Waals surface area contributed by atoms with E-state index in [1.54, 1.807) is 0 Å². The quantitative estimate of drug-likeness (QED) is 0.717. The van der Waals surface area contributed by atoms with Crippen LogP contribution in [0.25, 0.3) is 0 Å². The van der Waals surface area contributed by atoms with Crippen molar-refractivity contribution in [3.8, 4) is 0 Å². The number of nitrogens with one attached hydrogen (secondary N) is 2. The largest absolute Gasteiger partial charge is 0.356 e. The molecule has 0 aromatic heterocycles. The van der Waals surface area contributed by atoms with Crippen molar-refractivity contribution in [3.63, 3.8) is 0 Å². The number of rotatable bonds is 3. The molecule has 2 saturated carbocycles. The summed E-state index contributed by atoms with van der Waals surface area (Å²) in [5.74, 6) is 2.82. The Bertz CT molecular complexity index is 232. The van der Waals surface area contributed by atoms with Crippen LogP contribution in [0.4, 0.5) is 0 Å². The summed E-state index contributed by atoms with van der Waals surface area (Å²) < 4.78 is 0. The van der Waals surface area contributed by atoms with Gasteiger partial charge in [0.05, 0.1) is 0 Å². The van der Waals surface area contributed by atoms with Gasteiger partial charge in [-0.15, -0.1) is 12.4 Å². The van der Waals surface area contributed by atoms with Crippen molar-refractivity contribution >= 4 is 18.3 Å². The molecule has 1 unspecified atom stereocenters. The Morgan fingerprint density at radius 2 is 1.93 bits per heavy atom. The van der Waals surface area contributed by atoms with E-state index < -0.39 is 0 Å². The average molecular weight is 217 g/mol. The minimum Gasteiger partial charge on any atom is -0.356 e. The second-order valence-corrected chi connectivity index (χ2v) is 4.70. The van der Waals surface area contributed by atoms with Crippen molar-refractivity contribution in [1.82, 2.24) is 10.6 Å². The van der Waals surface area contributed by atoms with Gasteiger partial charge in [0.1, 0.15) is 0 Å². The third-order valence-electron chi connectivity index (χ3n) is 3.66. The Balaban J connectivity index is 0.000000750. The molecule has 0 spiro atoms. The van der Waals surface area contributed by atoms with Crippen molar-refractivity contribution in [3.05, 3.63) is 0 Å². The van der Waals surface area contributed by atoms with E-state index >= 15 is 0 Å². The van der Waals surface area contributed by atoms with Crippen LogP contribution >= 0.6 is 12.4 Å². The number of carbonyl (C=O) groups is 1. The van der Waals surface area contributed by atoms with Gasteiger partial charge >= 0.3 is 0 Å². The maximum atomic E-state index is 11.6. The molecule has 0 bridgehead atoms. The lowest BCUT2D eigenvalue weighted by Crippen LogP contribution is -2.31. The van der Waals surface area contributed by atoms with E-state index in [1.807, 2.05) is 0 Å². The molecule has 1 heterocycles. The lowest BCUT2D eigenvalue weighted by atomic mass is 10.2. The first kappa shape index (κ1) is 10.2. The molecule has 3 nitrogen and oxygen atoms in total. The van der Waals surface area contributed by atoms with Crippen molar-refractivity contribution in [2.75, 3.05) is 19.6 Å². The number of hydrogen-bond donors (Lipinski definition) is 2. The summed E-state index contributed by atoms with van der Waals surface area (Å²) in [5.41, 5.74) is 0. The van der Waals surface area contributed by atoms with Crippen LogP contribution in [0, 0.1) is 23.7 Å². The molecule has 0 radical (unpaired) electrons. The van der Waals surface area contributed by atoms with Gasteiger partial charge in [-0.1, -0.05) is 0 Å². The molecule has 1 amide bonds. The molecule has 1 saturated heterocycles. The van der Waals surface area contributed by atoms with Crippen LogP contribution in [-0.2, 0) is 4.79 Å². The van der Waals surface area contributed by atoms with Gasteiger partial charge in [-0.2, -0.15) is 0 Å². The summed E-state index contributed by atoms with van der Waals surface area (Å²) in [6.45, 7) is 3.06. The molecular formula is C10H17ClN2O. The fourth-order valence-corrected chi connectivity index (χ4v) is 2.49. The van der Waals surface area contributed by atoms with E-state index in [1.165, 1.54) is 12.8 Å². The summed E-state index contributed by atoms with van der Waals surface area (Å²) in [7, 11) is 0. The zero-order valence-corrected chi connectivity index (χ0v) is 8.98. The fourth-order valence-electron chi connectivity index (χ4n) is 2.49. The molecule has 0 aromatic rings. The first-order valence-electron chi connectivity index (χ1n) is 5.34. The Kier molecular flexibility index (Phi) is 2.71. The molecule has 3 fully saturated rings. The zero-order valence-electron chi connectivity index (χ0n) is 8.16. The van der Waals surface area contributed by atoms with E-state index in [4.69, 9.17) is 0 Å². The standard InChI is InChI=1S/C10H16N2O.ClH/c13-10(12-3-6-1-2-6)9-7-4-11-5-8(7)9;/h6-9,11H,1-5H2,(H,12,13);1H/t7-,8+,9?;. The zero-order chi connectivity index (χ0) is 8.84. The lowest BCUT2D eigenvalue weighted by Gasteiger charge is -2.05. The molecule has 1 aliphatic heterocycles. The average Bonchev–Trinajstić information content (AvgIpc) is 3.03. The summed E-state index contributed by atoms with van der Waals surface area (Å²) in [6.07, 6.45) is 2.64. The molecule has 3 aliphatic rings. The Hall–Kier alpha value is -0.280. The topological polar surface area (TPSA) is 41.1 Å². The first-order valence-corrected chi connectivity index (χ1v) is 5.34. The lowest BCUT2D eigenvalue weighted by molar-refractivity contribution is -0.123. The number of amides is 1. The number of halogens is 1. The Morgan fingerprint density at radius 3 is 2.50 bits per heavy atom. The highest BCUT2D eigenvalue weighted by Crippen LogP contribution is 2.48. The van der Waals surface area contributed by atoms with Crippen LogP contribution in [0.1, 0.15) is 12.8 Å². The van der Waals surface area contributed by atoms with Gasteiger partial charge in [0.25, 0.3) is 0 Å². The molecule has 14 heavy (non-hydrogen) atoms. The molecule has 80 valence electrons. The van der Waals surface area contributed by atoms with Gasteiger partial charge < -0.3 is 10.6 Å². The van der Waals surface area contributed by atoms with Gasteiger partial charge in [0.15, 0.2) is 0 Å². The third-order valence-corrected chi connectivity index (χ3v) is 3.66. The predicted octanol–water partition coefficient (Wildman–Crippen LogP) is 0.400. The Labute approximate surface area is 90.4 Å². The normalized spacial score (nSPS) is 38.4. The Morgan fingerprint density at radius 1 is 1.29 bits per heavy atom. The predicted molar refractivity (Wildman–Crippen MR) is 56.3 cm³/mol. The third kappa shape index (κ3) is 1.75. The van der Waals surface area contributed by atoms with E-state index in [0.29, 0.717) is 23.7 Å². The minimum absolute atomic E-state index is 0. The molecule has 0 aromatic carbocycles. The first-order chi connectivity index (χ1) is 6.36. The van der Waals surface area contributed by atoms with Gasteiger partial charge in [-0.3, -0.25) is 4.79 Å². The number of fused-ring (bicyclic) bond motifs is 1. The summed E-state index contributed by atoms with van der Waals surface area (Å²) in [5, 5.41) is 6.37. The van der Waals surface area contributed by atoms with Crippen LogP contribution < -0.4 is 10.6 Å². The van der Waals surface area contributed by atoms with Crippen molar-refractivity contribution in [1.29, 1.82) is 0 Å². The van der Waals surface area contributed by atoms with Crippen LogP contribution in [0.2, 0.25) is 0 Å². The van der Waals surface area contributed by atoms with Gasteiger partial charge in [-0.25, -0.2) is 0 Å². The van der Waals surface area contributed by atoms with Crippen LogP contribution in [-0.4, -0.2) is 25.5 Å². The van der Waals surface area contributed by atoms with Crippen molar-refractivity contribution in [2.24, 2.45) is 23.7 Å². The minimum atomic E-state index is 0. The number of carbonyl (C=O) groups excluding carboxylic acids is 1. The smallest absolute Gasteiger partial charge is 0.223 e. The monoisotopic (exact) mass is 216 g/mol. The van der Waals surface area contributed by atoms with E-state index in [-0.39, 0.29) is 12.4 Å². The second kappa shape index (κ2) is 3.70. The molecule has 3 rings (SSSR count). The van der Waals surface area contributed by atoms with Gasteiger partial charge in [0.2, 0.25) is 5.91 Å². The molecule has 4 heteroatoms. The molecule has 2 aliphatic carbocycles. The summed E-state index contributed by atoms with van der Waals surface area (Å²) in [4.78, 5) is 11.6. The van der Waals surface area contributed by atoms with E-state index in [9.17, 15) is 4.79 Å². The highest BCUT2D eigenvalue weighted by molar-refractivity contribution is 5.85. The highest BCUT2D eigenvalue weighted by Gasteiger charge is 2.56. The van der Waals surface area contributed by atoms with Crippen LogP contribution in [0.3, 0.4) is 0 Å². The van der Waals surface area contributed by atoms with Crippen molar-refractivity contribution in [2.45, 2.75) is 12.8 Å². The highest BCUT2D eigenvalue weighted by atomic mass is 35.5. The summed E-state index contributed by atoms with van der Waals surface area (Å²) in [6, 6.07) is 0. The SMILES string of the molecule is Cl.O=C(NCC1CC1)C1[C@H]2CNC[C@@H]12. The molecular weight excluding hydrogens is 200 g/mol. The maximum absolute atomic E-state index is 11.6. The van der Waals surface area contributed by atoms with E-state index in [2.05, 4.69) is 10.6 Å². The van der Waals surface area contributed by atoms with E-state index in [0.717, 1.165) is 25.6 Å².